The number of benzene rings is 1. The molecule has 2 nitrogen and oxygen atoms in total. The standard InChI is InChI=1S/C14H26NOSi/c1-15(2,12-17(4,5)6)11-13-7-9-14(16-3)10-8-13/h7-10H,11-12H2,1-6H3/q+1. The highest BCUT2D eigenvalue weighted by atomic mass is 28.3. The van der Waals surface area contributed by atoms with Gasteiger partial charge in [0.1, 0.15) is 20.4 Å². The first-order chi connectivity index (χ1) is 7.72. The number of quaternary nitrogens is 1. The maximum Gasteiger partial charge on any atom is 0.118 e. The van der Waals surface area contributed by atoms with Gasteiger partial charge in [-0.3, -0.25) is 0 Å². The fraction of sp³-hybridized carbons (Fsp3) is 0.571. The summed E-state index contributed by atoms with van der Waals surface area (Å²) in [6.07, 6.45) is 1.30. The Bertz CT molecular complexity index is 351. The number of ether oxygens (including phenoxy) is 1. The summed E-state index contributed by atoms with van der Waals surface area (Å²) in [4.78, 5) is 0. The Labute approximate surface area is 107 Å². The highest BCUT2D eigenvalue weighted by Crippen LogP contribution is 2.17. The van der Waals surface area contributed by atoms with E-state index in [1.807, 2.05) is 12.1 Å². The largest absolute Gasteiger partial charge is 0.497 e. The Morgan fingerprint density at radius 2 is 1.59 bits per heavy atom. The van der Waals surface area contributed by atoms with Gasteiger partial charge in [0.05, 0.1) is 27.4 Å². The molecular weight excluding hydrogens is 226 g/mol. The molecule has 0 saturated carbocycles. The van der Waals surface area contributed by atoms with E-state index in [1.165, 1.54) is 11.7 Å². The number of rotatable bonds is 5. The molecule has 3 heteroatoms. The Kier molecular flexibility index (Phi) is 4.39. The lowest BCUT2D eigenvalue weighted by atomic mass is 10.2. The zero-order valence-electron chi connectivity index (χ0n) is 12.1. The summed E-state index contributed by atoms with van der Waals surface area (Å²) < 4.78 is 6.25. The van der Waals surface area contributed by atoms with Crippen LogP contribution in [0.2, 0.25) is 19.6 Å². The predicted molar refractivity (Wildman–Crippen MR) is 77.0 cm³/mol. The van der Waals surface area contributed by atoms with E-state index in [2.05, 4.69) is 45.9 Å². The van der Waals surface area contributed by atoms with Gasteiger partial charge >= 0.3 is 0 Å². The highest BCUT2D eigenvalue weighted by Gasteiger charge is 2.26. The Hall–Kier alpha value is -0.803. The van der Waals surface area contributed by atoms with Crippen molar-refractivity contribution in [2.24, 2.45) is 0 Å². The summed E-state index contributed by atoms with van der Waals surface area (Å²) in [7, 11) is 5.34. The fourth-order valence-electron chi connectivity index (χ4n) is 2.57. The molecule has 96 valence electrons. The van der Waals surface area contributed by atoms with Crippen LogP contribution >= 0.6 is 0 Å². The van der Waals surface area contributed by atoms with Gasteiger partial charge in [-0.2, -0.15) is 0 Å². The zero-order chi connectivity index (χ0) is 13.1. The average molecular weight is 252 g/mol. The lowest BCUT2D eigenvalue weighted by Crippen LogP contribution is -2.49. The van der Waals surface area contributed by atoms with Gasteiger partial charge in [-0.05, 0) is 24.3 Å². The summed E-state index contributed by atoms with van der Waals surface area (Å²) in [5.74, 6) is 0.934. The van der Waals surface area contributed by atoms with Crippen molar-refractivity contribution in [1.82, 2.24) is 0 Å². The SMILES string of the molecule is COc1ccc(C[N+](C)(C)C[Si](C)(C)C)cc1. The Morgan fingerprint density at radius 1 is 1.06 bits per heavy atom. The first-order valence-electron chi connectivity index (χ1n) is 6.17. The van der Waals surface area contributed by atoms with Crippen molar-refractivity contribution in [3.05, 3.63) is 29.8 Å². The molecule has 0 aromatic heterocycles. The fourth-order valence-corrected chi connectivity index (χ4v) is 5.25. The van der Waals surface area contributed by atoms with Crippen LogP contribution in [0.3, 0.4) is 0 Å². The molecule has 0 saturated heterocycles. The maximum atomic E-state index is 5.18. The Morgan fingerprint density at radius 3 is 2.00 bits per heavy atom. The van der Waals surface area contributed by atoms with Crippen LogP contribution in [0.15, 0.2) is 24.3 Å². The van der Waals surface area contributed by atoms with E-state index in [0.717, 1.165) is 16.8 Å². The van der Waals surface area contributed by atoms with Gasteiger partial charge in [0.15, 0.2) is 0 Å². The summed E-state index contributed by atoms with van der Waals surface area (Å²) >= 11 is 0. The van der Waals surface area contributed by atoms with Crippen LogP contribution in [-0.2, 0) is 6.54 Å². The van der Waals surface area contributed by atoms with Crippen molar-refractivity contribution in [2.75, 3.05) is 27.4 Å². The minimum absolute atomic E-state index is 0.934. The van der Waals surface area contributed by atoms with E-state index in [-0.39, 0.29) is 0 Å². The summed E-state index contributed by atoms with van der Waals surface area (Å²) in [5.41, 5.74) is 1.38. The molecule has 0 fully saturated rings. The van der Waals surface area contributed by atoms with Gasteiger partial charge < -0.3 is 9.22 Å². The third kappa shape index (κ3) is 5.37. The molecule has 0 amide bonds. The van der Waals surface area contributed by atoms with E-state index in [0.29, 0.717) is 0 Å². The monoisotopic (exact) mass is 252 g/mol. The van der Waals surface area contributed by atoms with Crippen molar-refractivity contribution < 1.29 is 9.22 Å². The van der Waals surface area contributed by atoms with Gasteiger partial charge in [0.25, 0.3) is 0 Å². The molecule has 1 rings (SSSR count). The summed E-state index contributed by atoms with van der Waals surface area (Å²) in [5, 5.41) is 0. The average Bonchev–Trinajstić information content (AvgIpc) is 2.14. The Balaban J connectivity index is 2.69. The first kappa shape index (κ1) is 14.3. The van der Waals surface area contributed by atoms with Gasteiger partial charge in [0, 0.05) is 5.56 Å². The molecule has 0 heterocycles. The maximum absolute atomic E-state index is 5.18. The van der Waals surface area contributed by atoms with Crippen molar-refractivity contribution in [3.63, 3.8) is 0 Å². The summed E-state index contributed by atoms with van der Waals surface area (Å²) in [6, 6.07) is 8.43. The normalized spacial score (nSPS) is 12.6. The zero-order valence-corrected chi connectivity index (χ0v) is 13.1. The molecular formula is C14H26NOSi+. The predicted octanol–water partition coefficient (Wildman–Crippen LogP) is 3.15. The molecule has 0 aliphatic rings. The molecule has 0 aliphatic carbocycles. The third-order valence-electron chi connectivity index (χ3n) is 2.67. The van der Waals surface area contributed by atoms with E-state index < -0.39 is 8.07 Å². The highest BCUT2D eigenvalue weighted by molar-refractivity contribution is 6.75. The number of methoxy groups -OCH3 is 1. The van der Waals surface area contributed by atoms with Crippen molar-refractivity contribution in [1.29, 1.82) is 0 Å². The number of hydrogen-bond acceptors (Lipinski definition) is 1. The van der Waals surface area contributed by atoms with Gasteiger partial charge in [0.2, 0.25) is 0 Å². The van der Waals surface area contributed by atoms with Crippen LogP contribution in [0.5, 0.6) is 5.75 Å². The molecule has 17 heavy (non-hydrogen) atoms. The van der Waals surface area contributed by atoms with Crippen LogP contribution in [0.1, 0.15) is 5.56 Å². The molecule has 0 bridgehead atoms. The minimum atomic E-state index is -1.02. The topological polar surface area (TPSA) is 9.23 Å². The van der Waals surface area contributed by atoms with Crippen LogP contribution < -0.4 is 4.74 Å². The van der Waals surface area contributed by atoms with Crippen LogP contribution in [0, 0.1) is 0 Å². The number of hydrogen-bond donors (Lipinski definition) is 0. The molecule has 0 unspecified atom stereocenters. The first-order valence-corrected chi connectivity index (χ1v) is 9.87. The number of nitrogens with zero attached hydrogens (tertiary/aromatic N) is 1. The van der Waals surface area contributed by atoms with Gasteiger partial charge in [-0.25, -0.2) is 0 Å². The smallest absolute Gasteiger partial charge is 0.118 e. The molecule has 1 aromatic rings. The molecule has 0 atom stereocenters. The molecule has 0 N–H and O–H groups in total. The van der Waals surface area contributed by atoms with Crippen LogP contribution in [0.4, 0.5) is 0 Å². The minimum Gasteiger partial charge on any atom is -0.497 e. The second-order valence-corrected chi connectivity index (χ2v) is 12.1. The summed E-state index contributed by atoms with van der Waals surface area (Å²) in [6.45, 7) is 8.39. The van der Waals surface area contributed by atoms with E-state index in [4.69, 9.17) is 4.74 Å². The quantitative estimate of drug-likeness (QED) is 0.578. The molecule has 0 radical (unpaired) electrons. The lowest BCUT2D eigenvalue weighted by molar-refractivity contribution is -0.894. The van der Waals surface area contributed by atoms with Gasteiger partial charge in [-0.15, -0.1) is 0 Å². The second-order valence-electron chi connectivity index (χ2n) is 6.66. The second kappa shape index (κ2) is 5.23. The van der Waals surface area contributed by atoms with Crippen molar-refractivity contribution in [2.45, 2.75) is 26.2 Å². The molecule has 1 aromatic carbocycles. The molecule has 0 aliphatic heterocycles. The van der Waals surface area contributed by atoms with E-state index in [9.17, 15) is 0 Å². The van der Waals surface area contributed by atoms with Crippen molar-refractivity contribution >= 4 is 8.07 Å². The van der Waals surface area contributed by atoms with E-state index in [1.54, 1.807) is 7.11 Å². The third-order valence-corrected chi connectivity index (χ3v) is 4.48. The van der Waals surface area contributed by atoms with E-state index >= 15 is 0 Å². The van der Waals surface area contributed by atoms with Crippen molar-refractivity contribution in [3.8, 4) is 5.75 Å². The lowest BCUT2D eigenvalue weighted by Gasteiger charge is -2.35. The van der Waals surface area contributed by atoms with Crippen LogP contribution in [-0.4, -0.2) is 39.9 Å². The van der Waals surface area contributed by atoms with Crippen LogP contribution in [0.25, 0.3) is 0 Å². The molecule has 0 spiro atoms. The van der Waals surface area contributed by atoms with Gasteiger partial charge in [-0.1, -0.05) is 19.6 Å².